The van der Waals surface area contributed by atoms with Crippen molar-refractivity contribution in [3.8, 4) is 11.1 Å². The lowest BCUT2D eigenvalue weighted by atomic mass is 10.0. The van der Waals surface area contributed by atoms with E-state index in [9.17, 15) is 4.79 Å². The SMILES string of the molecule is C=C(C)C(=C)NCOC(=O)c1ccc(-c2ccccc2)cc1. The monoisotopic (exact) mass is 293 g/mol. The number of benzene rings is 2. The van der Waals surface area contributed by atoms with Gasteiger partial charge in [-0.1, -0.05) is 55.6 Å². The predicted octanol–water partition coefficient (Wildman–Crippen LogP) is 4.15. The van der Waals surface area contributed by atoms with Crippen molar-refractivity contribution in [1.82, 2.24) is 5.32 Å². The van der Waals surface area contributed by atoms with Crippen molar-refractivity contribution in [1.29, 1.82) is 0 Å². The molecule has 2 aromatic carbocycles. The average molecular weight is 293 g/mol. The molecule has 3 heteroatoms. The summed E-state index contributed by atoms with van der Waals surface area (Å²) in [5, 5.41) is 2.88. The lowest BCUT2D eigenvalue weighted by Crippen LogP contribution is -2.20. The molecule has 0 saturated carbocycles. The third-order valence-electron chi connectivity index (χ3n) is 3.23. The van der Waals surface area contributed by atoms with E-state index in [-0.39, 0.29) is 12.7 Å². The first kappa shape index (κ1) is 15.6. The molecule has 0 fully saturated rings. The van der Waals surface area contributed by atoms with Crippen LogP contribution in [0.4, 0.5) is 0 Å². The molecule has 3 nitrogen and oxygen atoms in total. The van der Waals surface area contributed by atoms with Crippen LogP contribution in [-0.4, -0.2) is 12.7 Å². The highest BCUT2D eigenvalue weighted by atomic mass is 16.5. The number of esters is 1. The van der Waals surface area contributed by atoms with Crippen molar-refractivity contribution in [2.75, 3.05) is 6.73 Å². The molecule has 0 radical (unpaired) electrons. The normalized spacial score (nSPS) is 9.86. The molecular weight excluding hydrogens is 274 g/mol. The summed E-state index contributed by atoms with van der Waals surface area (Å²) in [6, 6.07) is 17.3. The number of hydrogen-bond donors (Lipinski definition) is 1. The first-order valence-corrected chi connectivity index (χ1v) is 6.99. The molecule has 0 spiro atoms. The van der Waals surface area contributed by atoms with Gasteiger partial charge in [0, 0.05) is 5.70 Å². The van der Waals surface area contributed by atoms with Gasteiger partial charge in [0.1, 0.15) is 0 Å². The van der Waals surface area contributed by atoms with Crippen LogP contribution in [0.3, 0.4) is 0 Å². The summed E-state index contributed by atoms with van der Waals surface area (Å²) in [6.07, 6.45) is 0. The van der Waals surface area contributed by atoms with Crippen LogP contribution >= 0.6 is 0 Å². The zero-order valence-corrected chi connectivity index (χ0v) is 12.6. The zero-order chi connectivity index (χ0) is 15.9. The maximum atomic E-state index is 11.9. The summed E-state index contributed by atoms with van der Waals surface area (Å²) in [4.78, 5) is 11.9. The largest absolute Gasteiger partial charge is 0.441 e. The minimum absolute atomic E-state index is 0.0744. The van der Waals surface area contributed by atoms with Crippen LogP contribution in [-0.2, 0) is 4.74 Å². The molecule has 0 aromatic heterocycles. The molecule has 1 N–H and O–H groups in total. The van der Waals surface area contributed by atoms with Crippen molar-refractivity contribution in [3.05, 3.63) is 84.6 Å². The number of rotatable bonds is 6. The maximum Gasteiger partial charge on any atom is 0.339 e. The van der Waals surface area contributed by atoms with Gasteiger partial charge in [-0.3, -0.25) is 0 Å². The summed E-state index contributed by atoms with van der Waals surface area (Å²) in [7, 11) is 0. The van der Waals surface area contributed by atoms with Gasteiger partial charge in [0.2, 0.25) is 0 Å². The van der Waals surface area contributed by atoms with Gasteiger partial charge < -0.3 is 10.1 Å². The Morgan fingerprint density at radius 1 is 1.00 bits per heavy atom. The molecule has 0 aliphatic carbocycles. The van der Waals surface area contributed by atoms with Crippen molar-refractivity contribution >= 4 is 5.97 Å². The minimum Gasteiger partial charge on any atom is -0.441 e. The van der Waals surface area contributed by atoms with Gasteiger partial charge in [-0.2, -0.15) is 0 Å². The number of nitrogens with one attached hydrogen (secondary N) is 1. The average Bonchev–Trinajstić information content (AvgIpc) is 2.55. The molecule has 2 rings (SSSR count). The molecule has 0 saturated heterocycles. The van der Waals surface area contributed by atoms with Crippen LogP contribution in [0.5, 0.6) is 0 Å². The quantitative estimate of drug-likeness (QED) is 0.494. The van der Waals surface area contributed by atoms with E-state index in [2.05, 4.69) is 18.5 Å². The van der Waals surface area contributed by atoms with Crippen LogP contribution in [0, 0.1) is 0 Å². The number of hydrogen-bond acceptors (Lipinski definition) is 3. The van der Waals surface area contributed by atoms with Crippen LogP contribution in [0.15, 0.2) is 79.0 Å². The Labute approximate surface area is 130 Å². The third-order valence-corrected chi connectivity index (χ3v) is 3.23. The van der Waals surface area contributed by atoms with Crippen molar-refractivity contribution in [3.63, 3.8) is 0 Å². The number of allylic oxidation sites excluding steroid dienone is 1. The highest BCUT2D eigenvalue weighted by Gasteiger charge is 2.07. The Hall–Kier alpha value is -2.81. The summed E-state index contributed by atoms with van der Waals surface area (Å²) in [6.45, 7) is 9.42. The molecule has 2 aromatic rings. The molecular formula is C19H19NO2. The topological polar surface area (TPSA) is 38.3 Å². The molecule has 0 atom stereocenters. The predicted molar refractivity (Wildman–Crippen MR) is 89.3 cm³/mol. The van der Waals surface area contributed by atoms with E-state index in [4.69, 9.17) is 4.74 Å². The first-order valence-electron chi connectivity index (χ1n) is 6.99. The fourth-order valence-electron chi connectivity index (χ4n) is 1.85. The highest BCUT2D eigenvalue weighted by molar-refractivity contribution is 5.90. The molecule has 0 bridgehead atoms. The van der Waals surface area contributed by atoms with Crippen molar-refractivity contribution in [2.45, 2.75) is 6.92 Å². The Morgan fingerprint density at radius 3 is 2.18 bits per heavy atom. The van der Waals surface area contributed by atoms with Crippen LogP contribution in [0.25, 0.3) is 11.1 Å². The van der Waals surface area contributed by atoms with Crippen molar-refractivity contribution in [2.24, 2.45) is 0 Å². The Bertz CT molecular complexity index is 672. The van der Waals surface area contributed by atoms with E-state index >= 15 is 0 Å². The number of carbonyl (C=O) groups excluding carboxylic acids is 1. The molecule has 112 valence electrons. The molecule has 0 heterocycles. The van der Waals surface area contributed by atoms with Crippen molar-refractivity contribution < 1.29 is 9.53 Å². The van der Waals surface area contributed by atoms with Crippen LogP contribution in [0.2, 0.25) is 0 Å². The fraction of sp³-hybridized carbons (Fsp3) is 0.105. The van der Waals surface area contributed by atoms with Crippen LogP contribution < -0.4 is 5.32 Å². The molecule has 0 aliphatic heterocycles. The standard InChI is InChI=1S/C19H19NO2/c1-14(2)15(3)20-13-22-19(21)18-11-9-17(10-12-18)16-7-5-4-6-8-16/h4-12,20H,1,3,13H2,2H3. The van der Waals surface area contributed by atoms with E-state index in [0.717, 1.165) is 16.7 Å². The van der Waals surface area contributed by atoms with E-state index in [1.165, 1.54) is 0 Å². The summed E-state index contributed by atoms with van der Waals surface area (Å²) < 4.78 is 5.14. The summed E-state index contributed by atoms with van der Waals surface area (Å²) in [5.41, 5.74) is 4.16. The lowest BCUT2D eigenvalue weighted by molar-refractivity contribution is 0.0485. The lowest BCUT2D eigenvalue weighted by Gasteiger charge is -2.10. The smallest absolute Gasteiger partial charge is 0.339 e. The Kier molecular flexibility index (Phi) is 5.15. The Balaban J connectivity index is 1.94. The zero-order valence-electron chi connectivity index (χ0n) is 12.6. The van der Waals surface area contributed by atoms with Gasteiger partial charge in [0.25, 0.3) is 0 Å². The van der Waals surface area contributed by atoms with Crippen LogP contribution in [0.1, 0.15) is 17.3 Å². The van der Waals surface area contributed by atoms with Gasteiger partial charge in [-0.25, -0.2) is 4.79 Å². The number of ether oxygens (including phenoxy) is 1. The molecule has 22 heavy (non-hydrogen) atoms. The first-order chi connectivity index (χ1) is 10.6. The molecule has 0 aliphatic rings. The van der Waals surface area contributed by atoms with E-state index in [1.807, 2.05) is 49.4 Å². The minimum atomic E-state index is -0.373. The van der Waals surface area contributed by atoms with Gasteiger partial charge in [0.05, 0.1) is 5.56 Å². The Morgan fingerprint density at radius 2 is 1.59 bits per heavy atom. The summed E-state index contributed by atoms with van der Waals surface area (Å²) in [5.74, 6) is -0.373. The number of carbonyl (C=O) groups is 1. The molecule has 0 amide bonds. The van der Waals surface area contributed by atoms with E-state index in [0.29, 0.717) is 11.3 Å². The summed E-state index contributed by atoms with van der Waals surface area (Å²) >= 11 is 0. The van der Waals surface area contributed by atoms with E-state index < -0.39 is 0 Å². The maximum absolute atomic E-state index is 11.9. The second kappa shape index (κ2) is 7.27. The van der Waals surface area contributed by atoms with Gasteiger partial charge in [-0.05, 0) is 35.8 Å². The van der Waals surface area contributed by atoms with Gasteiger partial charge >= 0.3 is 5.97 Å². The van der Waals surface area contributed by atoms with Gasteiger partial charge in [0.15, 0.2) is 6.73 Å². The third kappa shape index (κ3) is 4.09. The highest BCUT2D eigenvalue weighted by Crippen LogP contribution is 2.19. The second-order valence-corrected chi connectivity index (χ2v) is 4.96. The second-order valence-electron chi connectivity index (χ2n) is 4.96. The molecule has 0 unspecified atom stereocenters. The van der Waals surface area contributed by atoms with Gasteiger partial charge in [-0.15, -0.1) is 0 Å². The fourth-order valence-corrected chi connectivity index (χ4v) is 1.85. The van der Waals surface area contributed by atoms with E-state index in [1.54, 1.807) is 12.1 Å².